The minimum atomic E-state index is 0.0668. The fourth-order valence-corrected chi connectivity index (χ4v) is 4.02. The van der Waals surface area contributed by atoms with Gasteiger partial charge in [-0.25, -0.2) is 0 Å². The Morgan fingerprint density at radius 2 is 1.97 bits per heavy atom. The molecule has 30 heavy (non-hydrogen) atoms. The highest BCUT2D eigenvalue weighted by molar-refractivity contribution is 5.90. The van der Waals surface area contributed by atoms with Gasteiger partial charge in [0, 0.05) is 23.7 Å². The standard InChI is InChI=1S/C24H27N3O3/c1-29-22-9-7-17(8-10-22)23-15-21(27-30-23)13-19-16-25-12-11-18(19)14-24(28)26-20-5-3-2-4-6-20/h2-10,15,18-19,25H,11-14,16H2,1H3,(H,26,28)/t18-,19+/m0/s1. The summed E-state index contributed by atoms with van der Waals surface area (Å²) in [5.41, 5.74) is 2.73. The van der Waals surface area contributed by atoms with E-state index in [2.05, 4.69) is 15.8 Å². The van der Waals surface area contributed by atoms with E-state index < -0.39 is 0 Å². The average molecular weight is 405 g/mol. The number of ether oxygens (including phenoxy) is 1. The lowest BCUT2D eigenvalue weighted by atomic mass is 9.81. The van der Waals surface area contributed by atoms with E-state index in [1.165, 1.54) is 0 Å². The molecule has 2 heterocycles. The third-order valence-electron chi connectivity index (χ3n) is 5.68. The molecule has 0 unspecified atom stereocenters. The molecule has 0 saturated carbocycles. The molecule has 6 nitrogen and oxygen atoms in total. The maximum absolute atomic E-state index is 12.5. The van der Waals surface area contributed by atoms with Crippen molar-refractivity contribution < 1.29 is 14.1 Å². The number of aromatic nitrogens is 1. The molecule has 1 saturated heterocycles. The summed E-state index contributed by atoms with van der Waals surface area (Å²) in [5, 5.41) is 10.7. The van der Waals surface area contributed by atoms with Gasteiger partial charge in [0.15, 0.2) is 5.76 Å². The summed E-state index contributed by atoms with van der Waals surface area (Å²) in [6.45, 7) is 1.82. The zero-order valence-corrected chi connectivity index (χ0v) is 17.1. The molecule has 0 bridgehead atoms. The molecular weight excluding hydrogens is 378 g/mol. The number of piperidine rings is 1. The minimum absolute atomic E-state index is 0.0668. The van der Waals surface area contributed by atoms with Crippen molar-refractivity contribution in [3.63, 3.8) is 0 Å². The smallest absolute Gasteiger partial charge is 0.224 e. The quantitative estimate of drug-likeness (QED) is 0.618. The lowest BCUT2D eigenvalue weighted by molar-refractivity contribution is -0.117. The van der Waals surface area contributed by atoms with Gasteiger partial charge in [-0.2, -0.15) is 0 Å². The van der Waals surface area contributed by atoms with Gasteiger partial charge in [-0.05, 0) is 74.2 Å². The highest BCUT2D eigenvalue weighted by Crippen LogP contribution is 2.29. The molecule has 6 heteroatoms. The monoisotopic (exact) mass is 405 g/mol. The van der Waals surface area contributed by atoms with Gasteiger partial charge >= 0.3 is 0 Å². The van der Waals surface area contributed by atoms with E-state index in [9.17, 15) is 4.79 Å². The third-order valence-corrected chi connectivity index (χ3v) is 5.68. The Labute approximate surface area is 176 Å². The number of carbonyl (C=O) groups is 1. The van der Waals surface area contributed by atoms with Gasteiger partial charge in [-0.15, -0.1) is 0 Å². The number of anilines is 1. The van der Waals surface area contributed by atoms with Crippen LogP contribution in [0.3, 0.4) is 0 Å². The van der Waals surface area contributed by atoms with E-state index in [0.717, 1.165) is 54.4 Å². The topological polar surface area (TPSA) is 76.4 Å². The first-order valence-electron chi connectivity index (χ1n) is 10.4. The SMILES string of the molecule is COc1ccc(-c2cc(C[C@@H]3CNCC[C@H]3CC(=O)Nc3ccccc3)no2)cc1. The summed E-state index contributed by atoms with van der Waals surface area (Å²) in [5.74, 6) is 2.28. The van der Waals surface area contributed by atoms with Crippen LogP contribution < -0.4 is 15.4 Å². The number of hydrogen-bond donors (Lipinski definition) is 2. The van der Waals surface area contributed by atoms with Crippen molar-refractivity contribution in [2.75, 3.05) is 25.5 Å². The van der Waals surface area contributed by atoms with E-state index in [0.29, 0.717) is 18.3 Å². The summed E-state index contributed by atoms with van der Waals surface area (Å²) in [6, 6.07) is 19.3. The molecule has 1 fully saturated rings. The normalized spacial score (nSPS) is 18.7. The van der Waals surface area contributed by atoms with Crippen molar-refractivity contribution in [3.8, 4) is 17.1 Å². The van der Waals surface area contributed by atoms with Gasteiger partial charge in [0.25, 0.3) is 0 Å². The lowest BCUT2D eigenvalue weighted by Gasteiger charge is -2.31. The molecule has 156 valence electrons. The average Bonchev–Trinajstić information content (AvgIpc) is 3.24. The van der Waals surface area contributed by atoms with Crippen LogP contribution in [0.2, 0.25) is 0 Å². The van der Waals surface area contributed by atoms with Crippen molar-refractivity contribution in [1.82, 2.24) is 10.5 Å². The van der Waals surface area contributed by atoms with Gasteiger partial charge in [0.1, 0.15) is 5.75 Å². The number of para-hydroxylation sites is 1. The maximum atomic E-state index is 12.5. The van der Waals surface area contributed by atoms with Crippen molar-refractivity contribution in [2.24, 2.45) is 11.8 Å². The minimum Gasteiger partial charge on any atom is -0.497 e. The van der Waals surface area contributed by atoms with Gasteiger partial charge in [-0.1, -0.05) is 23.4 Å². The Bertz CT molecular complexity index is 953. The second kappa shape index (κ2) is 9.59. The van der Waals surface area contributed by atoms with Crippen molar-refractivity contribution in [3.05, 3.63) is 66.4 Å². The molecule has 1 aliphatic heterocycles. The number of methoxy groups -OCH3 is 1. The molecule has 1 amide bonds. The number of rotatable bonds is 7. The largest absolute Gasteiger partial charge is 0.497 e. The molecular formula is C24H27N3O3. The van der Waals surface area contributed by atoms with Gasteiger partial charge < -0.3 is 19.9 Å². The number of amides is 1. The summed E-state index contributed by atoms with van der Waals surface area (Å²) < 4.78 is 10.8. The Balaban J connectivity index is 1.38. The van der Waals surface area contributed by atoms with Crippen molar-refractivity contribution in [2.45, 2.75) is 19.3 Å². The van der Waals surface area contributed by atoms with E-state index >= 15 is 0 Å². The van der Waals surface area contributed by atoms with Crippen LogP contribution in [0.5, 0.6) is 5.75 Å². The lowest BCUT2D eigenvalue weighted by Crippen LogP contribution is -2.39. The van der Waals surface area contributed by atoms with Crippen LogP contribution >= 0.6 is 0 Å². The Morgan fingerprint density at radius 1 is 1.17 bits per heavy atom. The van der Waals surface area contributed by atoms with Crippen LogP contribution in [0.15, 0.2) is 65.2 Å². The first kappa shape index (κ1) is 20.2. The molecule has 1 aliphatic rings. The second-order valence-electron chi connectivity index (χ2n) is 7.75. The van der Waals surface area contributed by atoms with Crippen LogP contribution in [0.1, 0.15) is 18.5 Å². The first-order chi connectivity index (χ1) is 14.7. The third kappa shape index (κ3) is 5.07. The molecule has 3 aromatic rings. The van der Waals surface area contributed by atoms with Crippen molar-refractivity contribution >= 4 is 11.6 Å². The van der Waals surface area contributed by atoms with Crippen LogP contribution in [0, 0.1) is 11.8 Å². The van der Waals surface area contributed by atoms with E-state index in [1.54, 1.807) is 7.11 Å². The van der Waals surface area contributed by atoms with Crippen LogP contribution in [0.4, 0.5) is 5.69 Å². The summed E-state index contributed by atoms with van der Waals surface area (Å²) in [6.07, 6.45) is 2.29. The van der Waals surface area contributed by atoms with Crippen LogP contribution in [0.25, 0.3) is 11.3 Å². The number of hydrogen-bond acceptors (Lipinski definition) is 5. The molecule has 0 aliphatic carbocycles. The summed E-state index contributed by atoms with van der Waals surface area (Å²) in [7, 11) is 1.65. The number of nitrogens with one attached hydrogen (secondary N) is 2. The van der Waals surface area contributed by atoms with E-state index in [1.807, 2.05) is 60.7 Å². The number of nitrogens with zero attached hydrogens (tertiary/aromatic N) is 1. The predicted molar refractivity (Wildman–Crippen MR) is 116 cm³/mol. The predicted octanol–water partition coefficient (Wildman–Crippen LogP) is 4.15. The summed E-state index contributed by atoms with van der Waals surface area (Å²) >= 11 is 0. The summed E-state index contributed by atoms with van der Waals surface area (Å²) in [4.78, 5) is 12.5. The highest BCUT2D eigenvalue weighted by Gasteiger charge is 2.28. The van der Waals surface area contributed by atoms with Gasteiger partial charge in [-0.3, -0.25) is 4.79 Å². The molecule has 0 spiro atoms. The zero-order chi connectivity index (χ0) is 20.8. The molecule has 2 atom stereocenters. The Morgan fingerprint density at radius 3 is 2.73 bits per heavy atom. The molecule has 0 radical (unpaired) electrons. The molecule has 2 N–H and O–H groups in total. The van der Waals surface area contributed by atoms with Crippen LogP contribution in [-0.2, 0) is 11.2 Å². The number of carbonyl (C=O) groups excluding carboxylic acids is 1. The highest BCUT2D eigenvalue weighted by atomic mass is 16.5. The molecule has 1 aromatic heterocycles. The fraction of sp³-hybridized carbons (Fsp3) is 0.333. The fourth-order valence-electron chi connectivity index (χ4n) is 4.02. The van der Waals surface area contributed by atoms with Crippen molar-refractivity contribution in [1.29, 1.82) is 0 Å². The molecule has 2 aromatic carbocycles. The first-order valence-corrected chi connectivity index (χ1v) is 10.4. The Hall–Kier alpha value is -3.12. The number of benzene rings is 2. The second-order valence-corrected chi connectivity index (χ2v) is 7.75. The Kier molecular flexibility index (Phi) is 6.44. The zero-order valence-electron chi connectivity index (χ0n) is 17.1. The van der Waals surface area contributed by atoms with E-state index in [-0.39, 0.29) is 5.91 Å². The van der Waals surface area contributed by atoms with Gasteiger partial charge in [0.2, 0.25) is 5.91 Å². The molecule has 4 rings (SSSR count). The van der Waals surface area contributed by atoms with Crippen LogP contribution in [-0.4, -0.2) is 31.3 Å². The van der Waals surface area contributed by atoms with E-state index in [4.69, 9.17) is 9.26 Å². The van der Waals surface area contributed by atoms with Gasteiger partial charge in [0.05, 0.1) is 12.8 Å². The maximum Gasteiger partial charge on any atom is 0.224 e.